The van der Waals surface area contributed by atoms with Crippen LogP contribution in [0.1, 0.15) is 63.0 Å². The average Bonchev–Trinajstić information content (AvgIpc) is 3.43. The Morgan fingerprint density at radius 2 is 1.91 bits per heavy atom. The third-order valence-electron chi connectivity index (χ3n) is 4.17. The third-order valence-corrected chi connectivity index (χ3v) is 4.17. The minimum atomic E-state index is 0.669. The molecular formula is C21H30O2. The van der Waals surface area contributed by atoms with Crippen LogP contribution < -0.4 is 9.47 Å². The van der Waals surface area contributed by atoms with Crippen LogP contribution in [-0.2, 0) is 0 Å². The number of hydrogen-bond acceptors (Lipinski definition) is 2. The van der Waals surface area contributed by atoms with Crippen molar-refractivity contribution in [3.63, 3.8) is 0 Å². The highest BCUT2D eigenvalue weighted by atomic mass is 16.5. The molecular weight excluding hydrogens is 284 g/mol. The van der Waals surface area contributed by atoms with Crippen molar-refractivity contribution in [2.24, 2.45) is 0 Å². The summed E-state index contributed by atoms with van der Waals surface area (Å²) in [6, 6.07) is 4.33. The van der Waals surface area contributed by atoms with Crippen LogP contribution in [0, 0.1) is 6.92 Å². The van der Waals surface area contributed by atoms with Gasteiger partial charge in [-0.1, -0.05) is 38.1 Å². The van der Waals surface area contributed by atoms with Crippen LogP contribution in [0.2, 0.25) is 0 Å². The molecule has 0 atom stereocenters. The molecule has 3 rings (SSSR count). The maximum atomic E-state index is 6.12. The third kappa shape index (κ3) is 4.89. The van der Waals surface area contributed by atoms with Crippen LogP contribution in [-0.4, -0.2) is 13.7 Å². The fourth-order valence-electron chi connectivity index (χ4n) is 2.89. The lowest BCUT2D eigenvalue weighted by molar-refractivity contribution is 0.294. The molecule has 2 nitrogen and oxygen atoms in total. The summed E-state index contributed by atoms with van der Waals surface area (Å²) >= 11 is 0. The average molecular weight is 314 g/mol. The fraction of sp³-hybridized carbons (Fsp3) is 0.524. The van der Waals surface area contributed by atoms with Gasteiger partial charge in [-0.05, 0) is 55.7 Å². The van der Waals surface area contributed by atoms with Crippen molar-refractivity contribution >= 4 is 0 Å². The first-order valence-corrected chi connectivity index (χ1v) is 8.95. The van der Waals surface area contributed by atoms with E-state index in [0.29, 0.717) is 5.92 Å². The number of rotatable bonds is 6. The lowest BCUT2D eigenvalue weighted by Gasteiger charge is -2.16. The Kier molecular flexibility index (Phi) is 6.76. The SMILES string of the molecule is CC.COc1cc(C)cc(C2CC2)c1OCCC1=CCCC=C1. The predicted molar refractivity (Wildman–Crippen MR) is 97.6 cm³/mol. The molecule has 23 heavy (non-hydrogen) atoms. The number of ether oxygens (including phenoxy) is 2. The monoisotopic (exact) mass is 314 g/mol. The van der Waals surface area contributed by atoms with Gasteiger partial charge in [-0.3, -0.25) is 0 Å². The van der Waals surface area contributed by atoms with E-state index in [0.717, 1.165) is 30.9 Å². The van der Waals surface area contributed by atoms with Gasteiger partial charge in [0.2, 0.25) is 0 Å². The minimum Gasteiger partial charge on any atom is -0.493 e. The van der Waals surface area contributed by atoms with Gasteiger partial charge in [0.1, 0.15) is 0 Å². The van der Waals surface area contributed by atoms with Crippen LogP contribution in [0.5, 0.6) is 11.5 Å². The highest BCUT2D eigenvalue weighted by Gasteiger charge is 2.29. The molecule has 1 aromatic rings. The molecule has 0 N–H and O–H groups in total. The molecule has 1 fully saturated rings. The van der Waals surface area contributed by atoms with Gasteiger partial charge >= 0.3 is 0 Å². The van der Waals surface area contributed by atoms with Gasteiger partial charge in [0.15, 0.2) is 11.5 Å². The van der Waals surface area contributed by atoms with Crippen LogP contribution in [0.3, 0.4) is 0 Å². The van der Waals surface area contributed by atoms with E-state index in [-0.39, 0.29) is 0 Å². The first-order valence-electron chi connectivity index (χ1n) is 8.95. The largest absolute Gasteiger partial charge is 0.493 e. The Morgan fingerprint density at radius 1 is 1.13 bits per heavy atom. The molecule has 0 unspecified atom stereocenters. The highest BCUT2D eigenvalue weighted by molar-refractivity contribution is 5.52. The molecule has 0 spiro atoms. The van der Waals surface area contributed by atoms with Crippen molar-refractivity contribution in [2.45, 2.75) is 58.8 Å². The van der Waals surface area contributed by atoms with Crippen molar-refractivity contribution in [3.8, 4) is 11.5 Å². The Bertz CT molecular complexity index is 565. The van der Waals surface area contributed by atoms with Gasteiger partial charge in [0.05, 0.1) is 13.7 Å². The molecule has 2 heteroatoms. The van der Waals surface area contributed by atoms with E-state index in [9.17, 15) is 0 Å². The standard InChI is InChI=1S/C19H24O2.C2H6/c1-14-12-17(16-8-9-16)19(18(13-14)20-2)21-11-10-15-6-4-3-5-7-15;1-2/h4,6-7,12-13,16H,3,5,8-11H2,1-2H3;1-2H3. The van der Waals surface area contributed by atoms with Crippen LogP contribution >= 0.6 is 0 Å². The molecule has 1 aromatic carbocycles. The summed E-state index contributed by atoms with van der Waals surface area (Å²) in [5.74, 6) is 2.51. The number of aryl methyl sites for hydroxylation is 1. The lowest BCUT2D eigenvalue weighted by atomic mass is 10.0. The van der Waals surface area contributed by atoms with Crippen LogP contribution in [0.4, 0.5) is 0 Å². The molecule has 0 heterocycles. The van der Waals surface area contributed by atoms with E-state index in [2.05, 4.69) is 37.3 Å². The smallest absolute Gasteiger partial charge is 0.164 e. The number of hydrogen-bond donors (Lipinski definition) is 0. The number of methoxy groups -OCH3 is 1. The molecule has 0 aromatic heterocycles. The molecule has 0 aliphatic heterocycles. The maximum Gasteiger partial charge on any atom is 0.164 e. The zero-order valence-electron chi connectivity index (χ0n) is 15.0. The fourth-order valence-corrected chi connectivity index (χ4v) is 2.89. The first kappa shape index (κ1) is 17.7. The summed E-state index contributed by atoms with van der Waals surface area (Å²) in [5, 5.41) is 0. The van der Waals surface area contributed by atoms with E-state index in [1.54, 1.807) is 7.11 Å². The van der Waals surface area contributed by atoms with E-state index >= 15 is 0 Å². The summed E-state index contributed by atoms with van der Waals surface area (Å²) in [7, 11) is 1.73. The molecule has 126 valence electrons. The second-order valence-electron chi connectivity index (χ2n) is 6.02. The van der Waals surface area contributed by atoms with E-state index in [4.69, 9.17) is 9.47 Å². The molecule has 2 aliphatic rings. The molecule has 1 saturated carbocycles. The van der Waals surface area contributed by atoms with Gasteiger partial charge in [-0.25, -0.2) is 0 Å². The summed E-state index contributed by atoms with van der Waals surface area (Å²) in [6.07, 6.45) is 12.6. The molecule has 0 bridgehead atoms. The van der Waals surface area contributed by atoms with E-state index < -0.39 is 0 Å². The second-order valence-corrected chi connectivity index (χ2v) is 6.02. The summed E-state index contributed by atoms with van der Waals surface area (Å²) < 4.78 is 11.7. The van der Waals surface area contributed by atoms with Gasteiger partial charge in [0, 0.05) is 12.0 Å². The molecule has 0 saturated heterocycles. The van der Waals surface area contributed by atoms with E-state index in [1.807, 2.05) is 13.8 Å². The summed E-state index contributed by atoms with van der Waals surface area (Å²) in [5.41, 5.74) is 3.97. The predicted octanol–water partition coefficient (Wildman–Crippen LogP) is 5.95. The maximum absolute atomic E-state index is 6.12. The van der Waals surface area contributed by atoms with Gasteiger partial charge in [-0.2, -0.15) is 0 Å². The Balaban J connectivity index is 0.000000924. The molecule has 2 aliphatic carbocycles. The van der Waals surface area contributed by atoms with Gasteiger partial charge in [-0.15, -0.1) is 0 Å². The van der Waals surface area contributed by atoms with Crippen molar-refractivity contribution < 1.29 is 9.47 Å². The van der Waals surface area contributed by atoms with Crippen molar-refractivity contribution in [1.82, 2.24) is 0 Å². The van der Waals surface area contributed by atoms with Crippen LogP contribution in [0.25, 0.3) is 0 Å². The highest BCUT2D eigenvalue weighted by Crippen LogP contribution is 2.48. The van der Waals surface area contributed by atoms with Crippen LogP contribution in [0.15, 0.2) is 35.9 Å². The van der Waals surface area contributed by atoms with E-state index in [1.165, 1.54) is 36.0 Å². The normalized spacial score (nSPS) is 16.3. The van der Waals surface area contributed by atoms with Gasteiger partial charge < -0.3 is 9.47 Å². The van der Waals surface area contributed by atoms with Gasteiger partial charge in [0.25, 0.3) is 0 Å². The Labute approximate surface area is 141 Å². The second kappa shape index (κ2) is 8.81. The number of allylic oxidation sites excluding steroid dienone is 3. The van der Waals surface area contributed by atoms with Crippen molar-refractivity contribution in [3.05, 3.63) is 47.1 Å². The Hall–Kier alpha value is -1.70. The van der Waals surface area contributed by atoms with Crippen molar-refractivity contribution in [1.29, 1.82) is 0 Å². The summed E-state index contributed by atoms with van der Waals surface area (Å²) in [6.45, 7) is 6.84. The zero-order chi connectivity index (χ0) is 16.7. The topological polar surface area (TPSA) is 18.5 Å². The quantitative estimate of drug-likeness (QED) is 0.645. The van der Waals surface area contributed by atoms with Crippen molar-refractivity contribution in [2.75, 3.05) is 13.7 Å². The molecule has 0 radical (unpaired) electrons. The number of benzene rings is 1. The zero-order valence-corrected chi connectivity index (χ0v) is 15.0. The first-order chi connectivity index (χ1) is 11.3. The lowest BCUT2D eigenvalue weighted by Crippen LogP contribution is -2.04. The Morgan fingerprint density at radius 3 is 2.52 bits per heavy atom. The molecule has 0 amide bonds. The minimum absolute atomic E-state index is 0.669. The summed E-state index contributed by atoms with van der Waals surface area (Å²) in [4.78, 5) is 0.